The van der Waals surface area contributed by atoms with Crippen molar-refractivity contribution in [2.24, 2.45) is 0 Å². The molecule has 0 aliphatic rings. The first-order valence-corrected chi connectivity index (χ1v) is 7.77. The van der Waals surface area contributed by atoms with Gasteiger partial charge >= 0.3 is 0 Å². The molecular weight excluding hydrogens is 346 g/mol. The van der Waals surface area contributed by atoms with E-state index in [-0.39, 0.29) is 22.5 Å². The summed E-state index contributed by atoms with van der Waals surface area (Å²) in [5.41, 5.74) is 1.00. The molecule has 0 bridgehead atoms. The molecule has 0 saturated carbocycles. The lowest BCUT2D eigenvalue weighted by molar-refractivity contribution is -0.576. The van der Waals surface area contributed by atoms with Crippen LogP contribution in [-0.4, -0.2) is 30.7 Å². The van der Waals surface area contributed by atoms with Crippen molar-refractivity contribution in [2.75, 3.05) is 19.0 Å². The number of hydrogen-bond donors (Lipinski definition) is 1. The van der Waals surface area contributed by atoms with Crippen LogP contribution in [0, 0.1) is 26.9 Å². The number of carbonyl (C=O) groups is 1. The topological polar surface area (TPSA) is 115 Å². The summed E-state index contributed by atoms with van der Waals surface area (Å²) in [5, 5.41) is 27.0. The number of nitro groups is 1. The van der Waals surface area contributed by atoms with Crippen molar-refractivity contribution in [3.63, 3.8) is 0 Å². The SMILES string of the molecule is CN(C)c1cc[n+](/C(=C\C(=C=N)C#N)C(=O)c2ccc([N+](=O)[O-])cc2)cc1. The number of allylic oxidation sites excluding steroid dienone is 3. The van der Waals surface area contributed by atoms with Crippen LogP contribution in [0.15, 0.2) is 60.4 Å². The molecule has 0 aliphatic carbocycles. The third-order valence-corrected chi connectivity index (χ3v) is 3.72. The molecule has 1 aromatic heterocycles. The zero-order valence-corrected chi connectivity index (χ0v) is 14.7. The summed E-state index contributed by atoms with van der Waals surface area (Å²) < 4.78 is 1.52. The van der Waals surface area contributed by atoms with Crippen LogP contribution < -0.4 is 9.47 Å². The zero-order chi connectivity index (χ0) is 20.0. The van der Waals surface area contributed by atoms with Crippen LogP contribution in [0.2, 0.25) is 0 Å². The predicted molar refractivity (Wildman–Crippen MR) is 99.5 cm³/mol. The Balaban J connectivity index is 2.52. The second-order valence-corrected chi connectivity index (χ2v) is 5.67. The number of pyridine rings is 1. The van der Waals surface area contributed by atoms with Gasteiger partial charge in [0, 0.05) is 55.7 Å². The smallest absolute Gasteiger partial charge is 0.269 e. The maximum atomic E-state index is 12.9. The highest BCUT2D eigenvalue weighted by molar-refractivity contribution is 6.22. The van der Waals surface area contributed by atoms with Gasteiger partial charge < -0.3 is 4.90 Å². The lowest BCUT2D eigenvalue weighted by Crippen LogP contribution is -2.36. The summed E-state index contributed by atoms with van der Waals surface area (Å²) in [7, 11) is 3.76. The highest BCUT2D eigenvalue weighted by Gasteiger charge is 2.23. The Bertz CT molecular complexity index is 993. The fraction of sp³-hybridized carbons (Fsp3) is 0.105. The normalized spacial score (nSPS) is 10.5. The van der Waals surface area contributed by atoms with Gasteiger partial charge in [0.25, 0.3) is 17.2 Å². The van der Waals surface area contributed by atoms with Gasteiger partial charge in [0.15, 0.2) is 12.4 Å². The maximum absolute atomic E-state index is 12.9. The van der Waals surface area contributed by atoms with Crippen LogP contribution in [0.1, 0.15) is 10.4 Å². The molecule has 0 amide bonds. The Morgan fingerprint density at radius 2 is 1.81 bits per heavy atom. The van der Waals surface area contributed by atoms with Gasteiger partial charge in [-0.2, -0.15) is 9.83 Å². The second-order valence-electron chi connectivity index (χ2n) is 5.67. The molecule has 2 aromatic rings. The van der Waals surface area contributed by atoms with Gasteiger partial charge in [-0.15, -0.1) is 0 Å². The van der Waals surface area contributed by atoms with Gasteiger partial charge in [0.2, 0.25) is 0 Å². The first-order chi connectivity index (χ1) is 12.9. The monoisotopic (exact) mass is 362 g/mol. The van der Waals surface area contributed by atoms with Gasteiger partial charge in [-0.05, 0) is 18.0 Å². The van der Waals surface area contributed by atoms with Gasteiger partial charge in [-0.1, -0.05) is 0 Å². The van der Waals surface area contributed by atoms with Crippen LogP contribution >= 0.6 is 0 Å². The number of nitrogens with one attached hydrogen (secondary N) is 1. The molecule has 1 aromatic carbocycles. The molecule has 0 spiro atoms. The van der Waals surface area contributed by atoms with Crippen molar-refractivity contribution < 1.29 is 14.3 Å². The number of aromatic nitrogens is 1. The fourth-order valence-corrected chi connectivity index (χ4v) is 2.25. The van der Waals surface area contributed by atoms with Crippen molar-refractivity contribution in [1.82, 2.24) is 0 Å². The molecule has 27 heavy (non-hydrogen) atoms. The Morgan fingerprint density at radius 3 is 2.26 bits per heavy atom. The summed E-state index contributed by atoms with van der Waals surface area (Å²) in [6, 6.07) is 10.5. The molecule has 0 atom stereocenters. The molecule has 1 N–H and O–H groups in total. The summed E-state index contributed by atoms with van der Waals surface area (Å²) >= 11 is 0. The molecule has 0 unspecified atom stereocenters. The van der Waals surface area contributed by atoms with Gasteiger partial charge in [0.05, 0.1) is 4.92 Å². The number of hydrogen-bond acceptors (Lipinski definition) is 6. The second kappa shape index (κ2) is 8.34. The molecule has 0 saturated heterocycles. The van der Waals surface area contributed by atoms with Gasteiger partial charge in [-0.3, -0.25) is 20.3 Å². The van der Waals surface area contributed by atoms with E-state index in [1.807, 2.05) is 24.9 Å². The van der Waals surface area contributed by atoms with Crippen molar-refractivity contribution in [3.05, 3.63) is 76.1 Å². The average Bonchev–Trinajstić information content (AvgIpc) is 2.68. The van der Waals surface area contributed by atoms with Crippen LogP contribution in [0.4, 0.5) is 11.4 Å². The average molecular weight is 362 g/mol. The Labute approximate surface area is 155 Å². The lowest BCUT2D eigenvalue weighted by atomic mass is 10.1. The molecule has 134 valence electrons. The maximum Gasteiger partial charge on any atom is 0.269 e. The van der Waals surface area contributed by atoms with E-state index in [1.165, 1.54) is 34.9 Å². The van der Waals surface area contributed by atoms with E-state index in [4.69, 9.17) is 10.7 Å². The first kappa shape index (κ1) is 19.2. The number of nitriles is 1. The number of carbonyl (C=O) groups excluding carboxylic acids is 1. The summed E-state index contributed by atoms with van der Waals surface area (Å²) in [6.45, 7) is 0. The number of anilines is 1. The summed E-state index contributed by atoms with van der Waals surface area (Å²) in [6.07, 6.45) is 4.57. The van der Waals surface area contributed by atoms with Crippen LogP contribution in [0.25, 0.3) is 5.70 Å². The molecule has 0 aliphatic heterocycles. The Hall–Kier alpha value is -4.08. The highest BCUT2D eigenvalue weighted by atomic mass is 16.6. The Morgan fingerprint density at radius 1 is 1.22 bits per heavy atom. The van der Waals surface area contributed by atoms with E-state index >= 15 is 0 Å². The number of benzene rings is 1. The zero-order valence-electron chi connectivity index (χ0n) is 14.7. The molecule has 0 radical (unpaired) electrons. The van der Waals surface area contributed by atoms with Crippen LogP contribution in [0.3, 0.4) is 0 Å². The van der Waals surface area contributed by atoms with Crippen molar-refractivity contribution in [3.8, 4) is 6.07 Å². The number of Topliss-reactive ketones (excluding diaryl/α,β-unsaturated/α-hetero) is 1. The molecule has 8 nitrogen and oxygen atoms in total. The van der Waals surface area contributed by atoms with E-state index in [0.29, 0.717) is 0 Å². The van der Waals surface area contributed by atoms with E-state index < -0.39 is 10.7 Å². The predicted octanol–water partition coefficient (Wildman–Crippen LogP) is 2.37. The first-order valence-electron chi connectivity index (χ1n) is 7.77. The minimum atomic E-state index is -0.550. The number of nitrogens with zero attached hydrogens (tertiary/aromatic N) is 4. The third kappa shape index (κ3) is 4.51. The number of ketones is 1. The van der Waals surface area contributed by atoms with E-state index in [0.717, 1.165) is 5.69 Å². The summed E-state index contributed by atoms with van der Waals surface area (Å²) in [5.74, 6) is 1.53. The standard InChI is InChI=1S/C19H16N5O3/c1-22(2)16-7-9-23(10-8-16)18(11-14(12-20)13-21)19(25)15-3-5-17(6-4-15)24(26)27/h3-11,20H,1-2H3/q+1/b18-11-. The molecule has 1 heterocycles. The number of rotatable bonds is 6. The van der Waals surface area contributed by atoms with E-state index in [2.05, 4.69) is 0 Å². The van der Waals surface area contributed by atoms with Crippen molar-refractivity contribution in [1.29, 1.82) is 10.7 Å². The number of non-ortho nitro benzene ring substituents is 1. The third-order valence-electron chi connectivity index (χ3n) is 3.72. The number of nitro benzene ring substituents is 1. The van der Waals surface area contributed by atoms with Gasteiger partial charge in [-0.25, -0.2) is 0 Å². The largest absolute Gasteiger partial charge is 0.377 e. The highest BCUT2D eigenvalue weighted by Crippen LogP contribution is 2.16. The van der Waals surface area contributed by atoms with Gasteiger partial charge in [0.1, 0.15) is 11.6 Å². The summed E-state index contributed by atoms with van der Waals surface area (Å²) in [4.78, 5) is 25.1. The molecule has 0 fully saturated rings. The van der Waals surface area contributed by atoms with Crippen molar-refractivity contribution >= 4 is 28.7 Å². The lowest BCUT2D eigenvalue weighted by Gasteiger charge is -2.10. The molecular formula is C19H16N5O3+. The quantitative estimate of drug-likeness (QED) is 0.124. The van der Waals surface area contributed by atoms with E-state index in [1.54, 1.807) is 30.6 Å². The minimum Gasteiger partial charge on any atom is -0.377 e. The van der Waals surface area contributed by atoms with Crippen molar-refractivity contribution in [2.45, 2.75) is 0 Å². The molecule has 2 rings (SSSR count). The Kier molecular flexibility index (Phi) is 5.94. The van der Waals surface area contributed by atoms with Crippen LogP contribution in [-0.2, 0) is 0 Å². The van der Waals surface area contributed by atoms with Crippen LogP contribution in [0.5, 0.6) is 0 Å². The fourth-order valence-electron chi connectivity index (χ4n) is 2.25. The van der Waals surface area contributed by atoms with E-state index in [9.17, 15) is 14.9 Å². The molecule has 8 heteroatoms. The minimum absolute atomic E-state index is 0.116.